The first-order valence-corrected chi connectivity index (χ1v) is 5.94. The van der Waals surface area contributed by atoms with Gasteiger partial charge in [0.2, 0.25) is 0 Å². The molecule has 15 heavy (non-hydrogen) atoms. The van der Waals surface area contributed by atoms with Crippen LogP contribution in [0.25, 0.3) is 0 Å². The van der Waals surface area contributed by atoms with Crippen LogP contribution in [-0.4, -0.2) is 16.3 Å². The topological polar surface area (TPSA) is 29.9 Å². The van der Waals surface area contributed by atoms with Crippen molar-refractivity contribution in [1.82, 2.24) is 15.1 Å². The van der Waals surface area contributed by atoms with Crippen molar-refractivity contribution in [2.24, 2.45) is 13.0 Å². The number of nitrogens with one attached hydrogen (secondary N) is 1. The summed E-state index contributed by atoms with van der Waals surface area (Å²) in [7, 11) is 2.00. The fourth-order valence-electron chi connectivity index (χ4n) is 2.21. The van der Waals surface area contributed by atoms with Crippen LogP contribution in [0.1, 0.15) is 43.5 Å². The van der Waals surface area contributed by atoms with Crippen LogP contribution in [0.2, 0.25) is 0 Å². The molecule has 3 heteroatoms. The molecule has 0 spiro atoms. The number of aromatic nitrogens is 2. The van der Waals surface area contributed by atoms with E-state index in [0.29, 0.717) is 6.04 Å². The first kappa shape index (κ1) is 10.7. The first-order valence-electron chi connectivity index (χ1n) is 5.94. The van der Waals surface area contributed by atoms with Gasteiger partial charge in [-0.1, -0.05) is 19.8 Å². The summed E-state index contributed by atoms with van der Waals surface area (Å²) < 4.78 is 1.92. The van der Waals surface area contributed by atoms with Crippen molar-refractivity contribution in [3.05, 3.63) is 17.5 Å². The van der Waals surface area contributed by atoms with Crippen molar-refractivity contribution in [1.29, 1.82) is 0 Å². The molecule has 0 amide bonds. The quantitative estimate of drug-likeness (QED) is 0.802. The van der Waals surface area contributed by atoms with Crippen molar-refractivity contribution in [3.63, 3.8) is 0 Å². The Morgan fingerprint density at radius 1 is 1.60 bits per heavy atom. The Balaban J connectivity index is 2.10. The van der Waals surface area contributed by atoms with Gasteiger partial charge in [0, 0.05) is 24.8 Å². The predicted molar refractivity (Wildman–Crippen MR) is 61.7 cm³/mol. The zero-order valence-corrected chi connectivity index (χ0v) is 9.95. The maximum atomic E-state index is 4.42. The molecule has 1 heterocycles. The van der Waals surface area contributed by atoms with Crippen molar-refractivity contribution in [2.75, 3.05) is 6.54 Å². The fourth-order valence-corrected chi connectivity index (χ4v) is 2.21. The Labute approximate surface area is 91.9 Å². The smallest absolute Gasteiger partial charge is 0.0641 e. The van der Waals surface area contributed by atoms with Crippen LogP contribution < -0.4 is 5.32 Å². The third kappa shape index (κ3) is 2.59. The van der Waals surface area contributed by atoms with Gasteiger partial charge in [-0.25, -0.2) is 0 Å². The molecule has 1 saturated carbocycles. The SMILES string of the molecule is CCNC(CC1CC1)c1cn(C)nc1C. The molecule has 0 saturated heterocycles. The number of hydrogen-bond donors (Lipinski definition) is 1. The van der Waals surface area contributed by atoms with Crippen molar-refractivity contribution in [3.8, 4) is 0 Å². The van der Waals surface area contributed by atoms with Crippen LogP contribution in [0.4, 0.5) is 0 Å². The van der Waals surface area contributed by atoms with E-state index in [-0.39, 0.29) is 0 Å². The second-order valence-corrected chi connectivity index (χ2v) is 4.63. The van der Waals surface area contributed by atoms with Gasteiger partial charge >= 0.3 is 0 Å². The summed E-state index contributed by atoms with van der Waals surface area (Å²) in [6.07, 6.45) is 6.27. The van der Waals surface area contributed by atoms with E-state index < -0.39 is 0 Å². The van der Waals surface area contributed by atoms with Crippen molar-refractivity contribution in [2.45, 2.75) is 39.2 Å². The van der Waals surface area contributed by atoms with Gasteiger partial charge in [-0.15, -0.1) is 0 Å². The van der Waals surface area contributed by atoms with Crippen LogP contribution >= 0.6 is 0 Å². The lowest BCUT2D eigenvalue weighted by Gasteiger charge is -2.16. The fraction of sp³-hybridized carbons (Fsp3) is 0.750. The van der Waals surface area contributed by atoms with Gasteiger partial charge in [0.1, 0.15) is 0 Å². The van der Waals surface area contributed by atoms with Gasteiger partial charge in [-0.2, -0.15) is 5.10 Å². The summed E-state index contributed by atoms with van der Waals surface area (Å²) in [5.41, 5.74) is 2.55. The summed E-state index contributed by atoms with van der Waals surface area (Å²) in [6, 6.07) is 0.510. The summed E-state index contributed by atoms with van der Waals surface area (Å²) in [6.45, 7) is 5.31. The molecular formula is C12H21N3. The van der Waals surface area contributed by atoms with E-state index in [0.717, 1.165) is 12.5 Å². The molecular weight excluding hydrogens is 186 g/mol. The van der Waals surface area contributed by atoms with Crippen LogP contribution in [-0.2, 0) is 7.05 Å². The highest BCUT2D eigenvalue weighted by Crippen LogP contribution is 2.38. The van der Waals surface area contributed by atoms with Crippen molar-refractivity contribution >= 4 is 0 Å². The summed E-state index contributed by atoms with van der Waals surface area (Å²) in [4.78, 5) is 0. The van der Waals surface area contributed by atoms with E-state index in [4.69, 9.17) is 0 Å². The Morgan fingerprint density at radius 2 is 2.33 bits per heavy atom. The van der Waals surface area contributed by atoms with E-state index in [1.807, 2.05) is 11.7 Å². The summed E-state index contributed by atoms with van der Waals surface area (Å²) in [5.74, 6) is 0.952. The number of rotatable bonds is 5. The van der Waals surface area contributed by atoms with Crippen molar-refractivity contribution < 1.29 is 0 Å². The van der Waals surface area contributed by atoms with E-state index >= 15 is 0 Å². The lowest BCUT2D eigenvalue weighted by molar-refractivity contribution is 0.485. The highest BCUT2D eigenvalue weighted by Gasteiger charge is 2.27. The van der Waals surface area contributed by atoms with E-state index in [2.05, 4.69) is 30.5 Å². The number of aryl methyl sites for hydroxylation is 2. The molecule has 1 atom stereocenters. The third-order valence-corrected chi connectivity index (χ3v) is 3.14. The van der Waals surface area contributed by atoms with Crippen LogP contribution in [0.3, 0.4) is 0 Å². The molecule has 1 N–H and O–H groups in total. The molecule has 84 valence electrons. The van der Waals surface area contributed by atoms with E-state index in [1.165, 1.54) is 30.5 Å². The summed E-state index contributed by atoms with van der Waals surface area (Å²) >= 11 is 0. The molecule has 1 aromatic rings. The van der Waals surface area contributed by atoms with Gasteiger partial charge in [-0.3, -0.25) is 4.68 Å². The minimum atomic E-state index is 0.510. The molecule has 1 aliphatic rings. The largest absolute Gasteiger partial charge is 0.310 e. The third-order valence-electron chi connectivity index (χ3n) is 3.14. The first-order chi connectivity index (χ1) is 7.20. The predicted octanol–water partition coefficient (Wildman–Crippen LogP) is 2.18. The Bertz CT molecular complexity index is 326. The minimum absolute atomic E-state index is 0.510. The molecule has 2 rings (SSSR count). The summed E-state index contributed by atoms with van der Waals surface area (Å²) in [5, 5.41) is 7.99. The standard InChI is InChI=1S/C12H21N3/c1-4-13-12(7-10-5-6-10)11-8-15(3)14-9(11)2/h8,10,12-13H,4-7H2,1-3H3. The zero-order valence-electron chi connectivity index (χ0n) is 9.95. The van der Waals surface area contributed by atoms with Crippen LogP contribution in [0.5, 0.6) is 0 Å². The Hall–Kier alpha value is -0.830. The van der Waals surface area contributed by atoms with Gasteiger partial charge in [0.05, 0.1) is 5.69 Å². The maximum absolute atomic E-state index is 4.42. The number of hydrogen-bond acceptors (Lipinski definition) is 2. The Kier molecular flexibility index (Phi) is 3.10. The normalized spacial score (nSPS) is 18.1. The molecule has 1 fully saturated rings. The molecule has 0 bridgehead atoms. The monoisotopic (exact) mass is 207 g/mol. The molecule has 0 aromatic carbocycles. The maximum Gasteiger partial charge on any atom is 0.0641 e. The Morgan fingerprint density at radius 3 is 2.80 bits per heavy atom. The minimum Gasteiger partial charge on any atom is -0.310 e. The molecule has 0 radical (unpaired) electrons. The molecule has 1 unspecified atom stereocenters. The molecule has 1 aliphatic carbocycles. The van der Waals surface area contributed by atoms with E-state index in [9.17, 15) is 0 Å². The highest BCUT2D eigenvalue weighted by atomic mass is 15.3. The van der Waals surface area contributed by atoms with Gasteiger partial charge in [0.25, 0.3) is 0 Å². The van der Waals surface area contributed by atoms with Gasteiger partial charge in [-0.05, 0) is 25.8 Å². The van der Waals surface area contributed by atoms with Gasteiger partial charge in [0.15, 0.2) is 0 Å². The van der Waals surface area contributed by atoms with Gasteiger partial charge < -0.3 is 5.32 Å². The van der Waals surface area contributed by atoms with E-state index in [1.54, 1.807) is 0 Å². The average molecular weight is 207 g/mol. The molecule has 3 nitrogen and oxygen atoms in total. The second kappa shape index (κ2) is 4.35. The average Bonchev–Trinajstić information content (AvgIpc) is 2.91. The zero-order chi connectivity index (χ0) is 10.8. The lowest BCUT2D eigenvalue weighted by atomic mass is 10.0. The second-order valence-electron chi connectivity index (χ2n) is 4.63. The lowest BCUT2D eigenvalue weighted by Crippen LogP contribution is -2.21. The highest BCUT2D eigenvalue weighted by molar-refractivity contribution is 5.20. The molecule has 0 aliphatic heterocycles. The van der Waals surface area contributed by atoms with Crippen LogP contribution in [0, 0.1) is 12.8 Å². The molecule has 1 aromatic heterocycles. The number of nitrogens with zero attached hydrogens (tertiary/aromatic N) is 2. The van der Waals surface area contributed by atoms with Crippen LogP contribution in [0.15, 0.2) is 6.20 Å².